The van der Waals surface area contributed by atoms with Crippen LogP contribution in [0.5, 0.6) is 0 Å². The second-order valence-electron chi connectivity index (χ2n) is 5.71. The first-order valence-electron chi connectivity index (χ1n) is 6.44. The van der Waals surface area contributed by atoms with Crippen molar-refractivity contribution in [1.82, 2.24) is 10.6 Å². The molecule has 0 fully saturated rings. The minimum atomic E-state index is -0.145. The maximum absolute atomic E-state index is 11.6. The molecule has 0 unspecified atom stereocenters. The first-order chi connectivity index (χ1) is 8.37. The number of rotatable bonds is 5. The Hall–Kier alpha value is -1.35. The van der Waals surface area contributed by atoms with E-state index >= 15 is 0 Å². The summed E-state index contributed by atoms with van der Waals surface area (Å²) in [5.41, 5.74) is 2.37. The van der Waals surface area contributed by atoms with Gasteiger partial charge in [-0.25, -0.2) is 0 Å². The highest BCUT2D eigenvalue weighted by Crippen LogP contribution is 2.02. The third kappa shape index (κ3) is 6.40. The molecule has 0 aliphatic heterocycles. The van der Waals surface area contributed by atoms with Crippen LogP contribution in [0.4, 0.5) is 0 Å². The zero-order valence-electron chi connectivity index (χ0n) is 11.8. The predicted octanol–water partition coefficient (Wildman–Crippen LogP) is 2.39. The Labute approximate surface area is 110 Å². The van der Waals surface area contributed by atoms with Crippen LogP contribution in [0.1, 0.15) is 38.3 Å². The van der Waals surface area contributed by atoms with Crippen molar-refractivity contribution < 1.29 is 4.79 Å². The number of hydrogen-bond acceptors (Lipinski definition) is 2. The van der Waals surface area contributed by atoms with Crippen LogP contribution in [0.15, 0.2) is 24.3 Å². The summed E-state index contributed by atoms with van der Waals surface area (Å²) in [6, 6.07) is 8.42. The molecule has 0 radical (unpaired) electrons. The highest BCUT2D eigenvalue weighted by atomic mass is 16.1. The lowest BCUT2D eigenvalue weighted by Gasteiger charge is -2.20. The Morgan fingerprint density at radius 3 is 2.33 bits per heavy atom. The van der Waals surface area contributed by atoms with E-state index in [4.69, 9.17) is 0 Å². The van der Waals surface area contributed by atoms with Crippen molar-refractivity contribution in [2.24, 2.45) is 0 Å². The van der Waals surface area contributed by atoms with E-state index in [1.54, 1.807) is 0 Å². The van der Waals surface area contributed by atoms with Crippen molar-refractivity contribution in [1.29, 1.82) is 0 Å². The van der Waals surface area contributed by atoms with E-state index in [9.17, 15) is 4.79 Å². The van der Waals surface area contributed by atoms with Crippen LogP contribution >= 0.6 is 0 Å². The molecule has 0 heterocycles. The second-order valence-corrected chi connectivity index (χ2v) is 5.71. The maximum atomic E-state index is 11.6. The van der Waals surface area contributed by atoms with E-state index in [1.165, 1.54) is 11.1 Å². The van der Waals surface area contributed by atoms with Crippen LogP contribution in [-0.4, -0.2) is 18.0 Å². The molecular formula is C15H24N2O. The van der Waals surface area contributed by atoms with Gasteiger partial charge in [-0.2, -0.15) is 0 Å². The molecule has 18 heavy (non-hydrogen) atoms. The number of carbonyl (C=O) groups is 1. The van der Waals surface area contributed by atoms with Gasteiger partial charge in [0.25, 0.3) is 0 Å². The molecule has 100 valence electrons. The molecular weight excluding hydrogens is 224 g/mol. The molecule has 0 saturated carbocycles. The Bertz CT molecular complexity index is 376. The normalized spacial score (nSPS) is 11.3. The standard InChI is InChI=1S/C15H24N2O/c1-12-5-7-13(8-6-12)11-16-10-9-14(18)17-15(2,3)4/h5-8,16H,9-11H2,1-4H3,(H,17,18). The van der Waals surface area contributed by atoms with Gasteiger partial charge in [0.15, 0.2) is 0 Å². The van der Waals surface area contributed by atoms with E-state index < -0.39 is 0 Å². The van der Waals surface area contributed by atoms with Crippen molar-refractivity contribution in [3.8, 4) is 0 Å². The summed E-state index contributed by atoms with van der Waals surface area (Å²) in [6.45, 7) is 9.56. The fourth-order valence-corrected chi connectivity index (χ4v) is 1.62. The summed E-state index contributed by atoms with van der Waals surface area (Å²) < 4.78 is 0. The molecule has 0 aliphatic rings. The van der Waals surface area contributed by atoms with Crippen molar-refractivity contribution >= 4 is 5.91 Å². The Kier molecular flexibility index (Phi) is 5.35. The molecule has 0 aliphatic carbocycles. The molecule has 0 aromatic heterocycles. The highest BCUT2D eigenvalue weighted by Gasteiger charge is 2.12. The van der Waals surface area contributed by atoms with Gasteiger partial charge in [-0.05, 0) is 33.3 Å². The van der Waals surface area contributed by atoms with E-state index in [2.05, 4.69) is 41.8 Å². The lowest BCUT2D eigenvalue weighted by molar-refractivity contribution is -0.122. The van der Waals surface area contributed by atoms with Crippen molar-refractivity contribution in [3.05, 3.63) is 35.4 Å². The van der Waals surface area contributed by atoms with Crippen LogP contribution in [0.2, 0.25) is 0 Å². The summed E-state index contributed by atoms with van der Waals surface area (Å²) in [7, 11) is 0. The number of nitrogens with one attached hydrogen (secondary N) is 2. The number of amides is 1. The summed E-state index contributed by atoms with van der Waals surface area (Å²) >= 11 is 0. The predicted molar refractivity (Wildman–Crippen MR) is 75.4 cm³/mol. The number of carbonyl (C=O) groups excluding carboxylic acids is 1. The number of benzene rings is 1. The van der Waals surface area contributed by atoms with E-state index in [-0.39, 0.29) is 11.4 Å². The quantitative estimate of drug-likeness (QED) is 0.786. The largest absolute Gasteiger partial charge is 0.351 e. The topological polar surface area (TPSA) is 41.1 Å². The number of hydrogen-bond donors (Lipinski definition) is 2. The zero-order chi connectivity index (χ0) is 13.6. The minimum absolute atomic E-state index is 0.0962. The van der Waals surface area contributed by atoms with Crippen LogP contribution in [0.25, 0.3) is 0 Å². The van der Waals surface area contributed by atoms with E-state index in [1.807, 2.05) is 20.8 Å². The second kappa shape index (κ2) is 6.55. The van der Waals surface area contributed by atoms with Gasteiger partial charge in [0.1, 0.15) is 0 Å². The zero-order valence-corrected chi connectivity index (χ0v) is 11.8. The smallest absolute Gasteiger partial charge is 0.221 e. The van der Waals surface area contributed by atoms with Crippen LogP contribution in [0, 0.1) is 6.92 Å². The summed E-state index contributed by atoms with van der Waals surface area (Å²) in [5, 5.41) is 6.22. The van der Waals surface area contributed by atoms with Crippen molar-refractivity contribution in [2.45, 2.75) is 46.2 Å². The van der Waals surface area contributed by atoms with Crippen LogP contribution in [-0.2, 0) is 11.3 Å². The first-order valence-corrected chi connectivity index (χ1v) is 6.44. The number of aryl methyl sites for hydroxylation is 1. The van der Waals surface area contributed by atoms with E-state index in [0.717, 1.165) is 6.54 Å². The van der Waals surface area contributed by atoms with E-state index in [0.29, 0.717) is 13.0 Å². The SMILES string of the molecule is Cc1ccc(CNCCC(=O)NC(C)(C)C)cc1. The Morgan fingerprint density at radius 1 is 1.17 bits per heavy atom. The molecule has 0 saturated heterocycles. The van der Waals surface area contributed by atoms with Gasteiger partial charge in [0.05, 0.1) is 0 Å². The fraction of sp³-hybridized carbons (Fsp3) is 0.533. The van der Waals surface area contributed by atoms with Gasteiger partial charge < -0.3 is 10.6 Å². The Balaban J connectivity index is 2.19. The minimum Gasteiger partial charge on any atom is -0.351 e. The third-order valence-electron chi connectivity index (χ3n) is 2.49. The van der Waals surface area contributed by atoms with Crippen molar-refractivity contribution in [3.63, 3.8) is 0 Å². The van der Waals surface area contributed by atoms with Gasteiger partial charge in [-0.15, -0.1) is 0 Å². The van der Waals surface area contributed by atoms with Gasteiger partial charge in [-0.3, -0.25) is 4.79 Å². The lowest BCUT2D eigenvalue weighted by Crippen LogP contribution is -2.41. The molecule has 3 nitrogen and oxygen atoms in total. The molecule has 3 heteroatoms. The van der Waals surface area contributed by atoms with Gasteiger partial charge >= 0.3 is 0 Å². The average Bonchev–Trinajstić information content (AvgIpc) is 2.24. The lowest BCUT2D eigenvalue weighted by atomic mass is 10.1. The molecule has 2 N–H and O–H groups in total. The molecule has 0 atom stereocenters. The molecule has 1 amide bonds. The monoisotopic (exact) mass is 248 g/mol. The van der Waals surface area contributed by atoms with Gasteiger partial charge in [-0.1, -0.05) is 29.8 Å². The Morgan fingerprint density at radius 2 is 1.78 bits per heavy atom. The molecule has 1 rings (SSSR count). The molecule has 0 bridgehead atoms. The molecule has 0 spiro atoms. The summed E-state index contributed by atoms with van der Waals surface area (Å²) in [4.78, 5) is 11.6. The van der Waals surface area contributed by atoms with Crippen LogP contribution < -0.4 is 10.6 Å². The fourth-order valence-electron chi connectivity index (χ4n) is 1.62. The maximum Gasteiger partial charge on any atom is 0.221 e. The summed E-state index contributed by atoms with van der Waals surface area (Å²) in [5.74, 6) is 0.0962. The molecule has 1 aromatic carbocycles. The first kappa shape index (κ1) is 14.7. The van der Waals surface area contributed by atoms with Gasteiger partial charge in [0, 0.05) is 25.0 Å². The van der Waals surface area contributed by atoms with Crippen LogP contribution in [0.3, 0.4) is 0 Å². The average molecular weight is 248 g/mol. The highest BCUT2D eigenvalue weighted by molar-refractivity contribution is 5.76. The third-order valence-corrected chi connectivity index (χ3v) is 2.49. The van der Waals surface area contributed by atoms with Crippen molar-refractivity contribution in [2.75, 3.05) is 6.54 Å². The summed E-state index contributed by atoms with van der Waals surface area (Å²) in [6.07, 6.45) is 0.517. The molecule has 1 aromatic rings. The van der Waals surface area contributed by atoms with Gasteiger partial charge in [0.2, 0.25) is 5.91 Å².